The van der Waals surface area contributed by atoms with Crippen LogP contribution in [0.4, 0.5) is 0 Å². The number of benzene rings is 2. The van der Waals surface area contributed by atoms with Crippen LogP contribution in [0.25, 0.3) is 0 Å². The summed E-state index contributed by atoms with van der Waals surface area (Å²) in [6.45, 7) is 4.43. The minimum absolute atomic E-state index is 0.577. The van der Waals surface area contributed by atoms with Crippen LogP contribution >= 0.6 is 27.5 Å². The lowest BCUT2D eigenvalue weighted by molar-refractivity contribution is 0.478. The molecule has 0 saturated heterocycles. The van der Waals surface area contributed by atoms with E-state index in [1.54, 1.807) is 0 Å². The summed E-state index contributed by atoms with van der Waals surface area (Å²) in [5.41, 5.74) is 2.42. The molecule has 0 fully saturated rings. The summed E-state index contributed by atoms with van der Waals surface area (Å²) < 4.78 is 5.94. The molecule has 0 N–H and O–H groups in total. The topological polar surface area (TPSA) is 9.23 Å². The molecule has 0 amide bonds. The molecule has 3 heteroatoms. The number of ether oxygens (including phenoxy) is 1. The first kappa shape index (κ1) is 15.4. The average molecular weight is 354 g/mol. The van der Waals surface area contributed by atoms with Crippen molar-refractivity contribution in [2.45, 2.75) is 31.5 Å². The maximum atomic E-state index is 6.03. The number of hydrogen-bond acceptors (Lipinski definition) is 1. The molecule has 2 aromatic rings. The third-order valence-corrected chi connectivity index (χ3v) is 4.30. The molecule has 0 saturated carbocycles. The molecule has 20 heavy (non-hydrogen) atoms. The second kappa shape index (κ2) is 7.14. The van der Waals surface area contributed by atoms with E-state index in [-0.39, 0.29) is 0 Å². The lowest BCUT2D eigenvalue weighted by Crippen LogP contribution is -1.92. The zero-order valence-corrected chi connectivity index (χ0v) is 14.0. The Morgan fingerprint density at radius 2 is 1.85 bits per heavy atom. The highest BCUT2D eigenvalue weighted by atomic mass is 79.9. The van der Waals surface area contributed by atoms with Gasteiger partial charge in [-0.05, 0) is 42.2 Å². The highest BCUT2D eigenvalue weighted by Crippen LogP contribution is 2.30. The zero-order valence-electron chi connectivity index (χ0n) is 11.7. The highest BCUT2D eigenvalue weighted by Gasteiger charge is 2.07. The van der Waals surface area contributed by atoms with Gasteiger partial charge < -0.3 is 4.74 Å². The summed E-state index contributed by atoms with van der Waals surface area (Å²) in [6, 6.07) is 14.0. The van der Waals surface area contributed by atoms with E-state index in [9.17, 15) is 0 Å². The lowest BCUT2D eigenvalue weighted by atomic mass is 9.99. The Bertz CT molecular complexity index is 566. The molecule has 0 bridgehead atoms. The minimum atomic E-state index is 0.577. The van der Waals surface area contributed by atoms with Crippen LogP contribution in [-0.4, -0.2) is 0 Å². The van der Waals surface area contributed by atoms with E-state index in [0.717, 1.165) is 28.8 Å². The molecular formula is C17H18BrClO. The highest BCUT2D eigenvalue weighted by molar-refractivity contribution is 9.08. The fraction of sp³-hybridized carbons (Fsp3) is 0.294. The molecule has 2 aromatic carbocycles. The largest absolute Gasteiger partial charge is 0.457 e. The van der Waals surface area contributed by atoms with Crippen LogP contribution in [0.2, 0.25) is 5.02 Å². The van der Waals surface area contributed by atoms with E-state index in [1.165, 1.54) is 5.56 Å². The molecular weight excluding hydrogens is 336 g/mol. The zero-order chi connectivity index (χ0) is 14.5. The summed E-state index contributed by atoms with van der Waals surface area (Å²) in [5.74, 6) is 2.21. The normalized spacial score (nSPS) is 12.2. The van der Waals surface area contributed by atoms with Crippen molar-refractivity contribution in [1.29, 1.82) is 0 Å². The van der Waals surface area contributed by atoms with Crippen LogP contribution in [0.1, 0.15) is 37.3 Å². The van der Waals surface area contributed by atoms with Gasteiger partial charge in [-0.25, -0.2) is 0 Å². The molecule has 0 radical (unpaired) electrons. The van der Waals surface area contributed by atoms with Crippen molar-refractivity contribution in [1.82, 2.24) is 0 Å². The van der Waals surface area contributed by atoms with E-state index in [2.05, 4.69) is 41.9 Å². The van der Waals surface area contributed by atoms with Crippen LogP contribution in [0, 0.1) is 0 Å². The summed E-state index contributed by atoms with van der Waals surface area (Å²) in [6.07, 6.45) is 1.14. The van der Waals surface area contributed by atoms with Crippen LogP contribution in [-0.2, 0) is 5.33 Å². The summed E-state index contributed by atoms with van der Waals surface area (Å²) in [5, 5.41) is 1.42. The van der Waals surface area contributed by atoms with Gasteiger partial charge in [-0.3, -0.25) is 0 Å². The van der Waals surface area contributed by atoms with Gasteiger partial charge in [-0.2, -0.15) is 0 Å². The first-order valence-corrected chi connectivity index (χ1v) is 8.26. The molecule has 1 atom stereocenters. The van der Waals surface area contributed by atoms with Crippen molar-refractivity contribution in [2.75, 3.05) is 0 Å². The van der Waals surface area contributed by atoms with Gasteiger partial charge in [0.2, 0.25) is 0 Å². The van der Waals surface area contributed by atoms with Gasteiger partial charge in [0, 0.05) is 15.9 Å². The number of halogens is 2. The number of rotatable bonds is 5. The van der Waals surface area contributed by atoms with Crippen molar-refractivity contribution in [3.63, 3.8) is 0 Å². The van der Waals surface area contributed by atoms with Crippen molar-refractivity contribution in [2.24, 2.45) is 0 Å². The Kier molecular flexibility index (Phi) is 5.50. The van der Waals surface area contributed by atoms with Gasteiger partial charge in [-0.1, -0.05) is 59.6 Å². The lowest BCUT2D eigenvalue weighted by Gasteiger charge is -2.12. The Hall–Kier alpha value is -0.990. The second-order valence-corrected chi connectivity index (χ2v) is 5.86. The molecule has 1 nitrogen and oxygen atoms in total. The summed E-state index contributed by atoms with van der Waals surface area (Å²) in [4.78, 5) is 0. The Morgan fingerprint density at radius 3 is 2.45 bits per heavy atom. The Morgan fingerprint density at radius 1 is 1.15 bits per heavy atom. The van der Waals surface area contributed by atoms with Crippen molar-refractivity contribution in [3.8, 4) is 11.5 Å². The van der Waals surface area contributed by atoms with E-state index in [1.807, 2.05) is 30.3 Å². The van der Waals surface area contributed by atoms with Gasteiger partial charge >= 0.3 is 0 Å². The molecule has 0 heterocycles. The summed E-state index contributed by atoms with van der Waals surface area (Å²) >= 11 is 9.49. The summed E-state index contributed by atoms with van der Waals surface area (Å²) in [7, 11) is 0. The maximum absolute atomic E-state index is 6.03. The predicted octanol–water partition coefficient (Wildman–Crippen LogP) is 6.54. The van der Waals surface area contributed by atoms with E-state index in [0.29, 0.717) is 10.9 Å². The van der Waals surface area contributed by atoms with Crippen molar-refractivity contribution < 1.29 is 4.74 Å². The van der Waals surface area contributed by atoms with Crippen LogP contribution < -0.4 is 4.74 Å². The smallest absolute Gasteiger partial charge is 0.132 e. The van der Waals surface area contributed by atoms with Gasteiger partial charge in [-0.15, -0.1) is 0 Å². The minimum Gasteiger partial charge on any atom is -0.457 e. The third kappa shape index (κ3) is 3.77. The van der Waals surface area contributed by atoms with E-state index >= 15 is 0 Å². The van der Waals surface area contributed by atoms with Gasteiger partial charge in [0.05, 0.1) is 0 Å². The fourth-order valence-corrected chi connectivity index (χ4v) is 2.59. The molecule has 0 aliphatic carbocycles. The average Bonchev–Trinajstić information content (AvgIpc) is 2.47. The second-order valence-electron chi connectivity index (χ2n) is 4.87. The third-order valence-electron chi connectivity index (χ3n) is 3.46. The first-order chi connectivity index (χ1) is 9.63. The van der Waals surface area contributed by atoms with Crippen LogP contribution in [0.15, 0.2) is 42.5 Å². The number of hydrogen-bond donors (Lipinski definition) is 0. The van der Waals surface area contributed by atoms with Gasteiger partial charge in [0.25, 0.3) is 0 Å². The standard InChI is InChI=1S/C17H18BrClO/c1-3-12(2)13-5-8-16(9-6-13)20-17-10-15(19)7-4-14(17)11-18/h4-10,12H,3,11H2,1-2H3. The van der Waals surface area contributed by atoms with Crippen LogP contribution in [0.5, 0.6) is 11.5 Å². The molecule has 0 aromatic heterocycles. The number of alkyl halides is 1. The van der Waals surface area contributed by atoms with E-state index in [4.69, 9.17) is 16.3 Å². The SMILES string of the molecule is CCC(C)c1ccc(Oc2cc(Cl)ccc2CBr)cc1. The molecule has 0 aliphatic rings. The molecule has 106 valence electrons. The Balaban J connectivity index is 2.20. The first-order valence-electron chi connectivity index (χ1n) is 6.76. The van der Waals surface area contributed by atoms with Crippen molar-refractivity contribution in [3.05, 3.63) is 58.6 Å². The molecule has 1 unspecified atom stereocenters. The van der Waals surface area contributed by atoms with Gasteiger partial charge in [0.15, 0.2) is 0 Å². The monoisotopic (exact) mass is 352 g/mol. The molecule has 2 rings (SSSR count). The van der Waals surface area contributed by atoms with E-state index < -0.39 is 0 Å². The molecule has 0 spiro atoms. The van der Waals surface area contributed by atoms with Gasteiger partial charge in [0.1, 0.15) is 11.5 Å². The van der Waals surface area contributed by atoms with Crippen molar-refractivity contribution >= 4 is 27.5 Å². The quantitative estimate of drug-likeness (QED) is 0.554. The van der Waals surface area contributed by atoms with Crippen LogP contribution in [0.3, 0.4) is 0 Å². The fourth-order valence-electron chi connectivity index (χ4n) is 1.96. The predicted molar refractivity (Wildman–Crippen MR) is 89.3 cm³/mol. The molecule has 0 aliphatic heterocycles. The maximum Gasteiger partial charge on any atom is 0.132 e. The Labute approximate surface area is 134 Å².